The van der Waals surface area contributed by atoms with Crippen molar-refractivity contribution in [2.24, 2.45) is 0 Å². The average molecular weight is 288 g/mol. The molecule has 1 amide bonds. The first-order valence-corrected chi connectivity index (χ1v) is 6.20. The predicted octanol–water partition coefficient (Wildman–Crippen LogP) is -0.349. The van der Waals surface area contributed by atoms with Gasteiger partial charge in [-0.05, 0) is 12.1 Å². The second-order valence-corrected chi connectivity index (χ2v) is 4.73. The molecular formula is C12H12N6O3. The molecule has 0 spiro atoms. The smallest absolute Gasteiger partial charge is 0.358 e. The summed E-state index contributed by atoms with van der Waals surface area (Å²) in [5.41, 5.74) is 6.23. The van der Waals surface area contributed by atoms with Gasteiger partial charge < -0.3 is 15.7 Å². The fourth-order valence-corrected chi connectivity index (χ4v) is 2.04. The number of aromatic nitrogens is 4. The zero-order valence-corrected chi connectivity index (χ0v) is 10.9. The summed E-state index contributed by atoms with van der Waals surface area (Å²) in [4.78, 5) is 28.4. The molecule has 0 aliphatic carbocycles. The van der Waals surface area contributed by atoms with E-state index in [2.05, 4.69) is 15.3 Å². The van der Waals surface area contributed by atoms with Crippen LogP contribution in [0.5, 0.6) is 0 Å². The van der Waals surface area contributed by atoms with Crippen LogP contribution in [0.2, 0.25) is 0 Å². The summed E-state index contributed by atoms with van der Waals surface area (Å²) < 4.78 is 1.46. The Morgan fingerprint density at radius 2 is 2.05 bits per heavy atom. The Kier molecular flexibility index (Phi) is 3.01. The molecule has 9 nitrogen and oxygen atoms in total. The molecule has 0 saturated carbocycles. The number of anilines is 1. The minimum Gasteiger partial charge on any atom is -0.476 e. The van der Waals surface area contributed by atoms with E-state index in [0.29, 0.717) is 24.5 Å². The number of nitrogens with two attached hydrogens (primary N) is 1. The van der Waals surface area contributed by atoms with Crippen LogP contribution < -0.4 is 5.73 Å². The molecule has 21 heavy (non-hydrogen) atoms. The molecule has 3 N–H and O–H groups in total. The molecule has 2 aromatic heterocycles. The van der Waals surface area contributed by atoms with Crippen molar-refractivity contribution >= 4 is 17.6 Å². The molecule has 1 aliphatic rings. The molecule has 1 fully saturated rings. The lowest BCUT2D eigenvalue weighted by Crippen LogP contribution is -2.51. The van der Waals surface area contributed by atoms with Crippen molar-refractivity contribution in [1.29, 1.82) is 0 Å². The van der Waals surface area contributed by atoms with Crippen LogP contribution in [-0.4, -0.2) is 55.0 Å². The molecule has 0 aromatic carbocycles. The van der Waals surface area contributed by atoms with Gasteiger partial charge in [0, 0.05) is 13.1 Å². The Bertz CT molecular complexity index is 689. The molecule has 9 heteroatoms. The third-order valence-corrected chi connectivity index (χ3v) is 3.26. The third kappa shape index (κ3) is 2.40. The van der Waals surface area contributed by atoms with E-state index in [1.165, 1.54) is 17.1 Å². The van der Waals surface area contributed by atoms with E-state index in [4.69, 9.17) is 10.8 Å². The molecule has 0 bridgehead atoms. The maximum absolute atomic E-state index is 12.1. The highest BCUT2D eigenvalue weighted by molar-refractivity contribution is 5.93. The number of carboxylic acid groups (broad SMARTS) is 1. The Balaban J connectivity index is 1.63. The quantitative estimate of drug-likeness (QED) is 0.790. The molecule has 0 radical (unpaired) electrons. The number of hydrogen-bond donors (Lipinski definition) is 2. The number of amides is 1. The summed E-state index contributed by atoms with van der Waals surface area (Å²) in [5, 5.41) is 16.1. The molecule has 3 heterocycles. The first kappa shape index (κ1) is 13.0. The van der Waals surface area contributed by atoms with Crippen LogP contribution >= 0.6 is 0 Å². The van der Waals surface area contributed by atoms with Gasteiger partial charge >= 0.3 is 5.97 Å². The largest absolute Gasteiger partial charge is 0.476 e. The lowest BCUT2D eigenvalue weighted by Gasteiger charge is -2.38. The van der Waals surface area contributed by atoms with Gasteiger partial charge in [-0.3, -0.25) is 4.79 Å². The van der Waals surface area contributed by atoms with E-state index < -0.39 is 5.97 Å². The first-order valence-electron chi connectivity index (χ1n) is 6.20. The Labute approximate surface area is 119 Å². The van der Waals surface area contributed by atoms with Crippen LogP contribution in [0.4, 0.5) is 5.69 Å². The van der Waals surface area contributed by atoms with E-state index in [1.54, 1.807) is 17.0 Å². The van der Waals surface area contributed by atoms with Gasteiger partial charge in [-0.15, -0.1) is 5.10 Å². The van der Waals surface area contributed by atoms with Gasteiger partial charge in [-0.1, -0.05) is 5.21 Å². The van der Waals surface area contributed by atoms with Gasteiger partial charge in [0.15, 0.2) is 5.69 Å². The molecule has 108 valence electrons. The SMILES string of the molecule is Nc1ccc(C(=O)N2CC(n3cc(C(=O)O)nn3)C2)nc1. The van der Waals surface area contributed by atoms with Crippen molar-refractivity contribution in [2.75, 3.05) is 18.8 Å². The summed E-state index contributed by atoms with van der Waals surface area (Å²) in [7, 11) is 0. The van der Waals surface area contributed by atoms with Gasteiger partial charge in [0.25, 0.3) is 5.91 Å². The summed E-state index contributed by atoms with van der Waals surface area (Å²) in [6.45, 7) is 0.876. The Morgan fingerprint density at radius 3 is 2.62 bits per heavy atom. The molecule has 3 rings (SSSR count). The molecule has 1 saturated heterocycles. The van der Waals surface area contributed by atoms with Gasteiger partial charge in [-0.25, -0.2) is 14.5 Å². The maximum Gasteiger partial charge on any atom is 0.358 e. The monoisotopic (exact) mass is 288 g/mol. The summed E-state index contributed by atoms with van der Waals surface area (Å²) in [5.74, 6) is -1.32. The van der Waals surface area contributed by atoms with Crippen LogP contribution in [-0.2, 0) is 0 Å². The summed E-state index contributed by atoms with van der Waals surface area (Å²) >= 11 is 0. The zero-order chi connectivity index (χ0) is 15.0. The number of rotatable bonds is 3. The maximum atomic E-state index is 12.1. The predicted molar refractivity (Wildman–Crippen MR) is 70.6 cm³/mol. The highest BCUT2D eigenvalue weighted by Gasteiger charge is 2.34. The standard InChI is InChI=1S/C12H12N6O3/c13-7-1-2-9(14-3-7)11(19)17-4-8(5-17)18-6-10(12(20)21)15-16-18/h1-3,6,8H,4-5,13H2,(H,20,21). The molecule has 2 aromatic rings. The third-order valence-electron chi connectivity index (χ3n) is 3.26. The van der Waals surface area contributed by atoms with Gasteiger partial charge in [0.05, 0.1) is 24.1 Å². The van der Waals surface area contributed by atoms with E-state index in [-0.39, 0.29) is 17.6 Å². The highest BCUT2D eigenvalue weighted by Crippen LogP contribution is 2.22. The number of carbonyl (C=O) groups is 2. The zero-order valence-electron chi connectivity index (χ0n) is 10.9. The summed E-state index contributed by atoms with van der Waals surface area (Å²) in [6, 6.07) is 3.13. The van der Waals surface area contributed by atoms with Gasteiger partial charge in [0.1, 0.15) is 5.69 Å². The normalized spacial score (nSPS) is 14.8. The fourth-order valence-electron chi connectivity index (χ4n) is 2.04. The van der Waals surface area contributed by atoms with Crippen LogP contribution in [0.15, 0.2) is 24.5 Å². The van der Waals surface area contributed by atoms with E-state index in [1.807, 2.05) is 0 Å². The Hall–Kier alpha value is -2.97. The topological polar surface area (TPSA) is 127 Å². The van der Waals surface area contributed by atoms with Crippen LogP contribution in [0.1, 0.15) is 27.0 Å². The first-order chi connectivity index (χ1) is 10.0. The number of nitrogens with zero attached hydrogens (tertiary/aromatic N) is 5. The van der Waals surface area contributed by atoms with E-state index in [9.17, 15) is 9.59 Å². The molecule has 0 atom stereocenters. The van der Waals surface area contributed by atoms with E-state index in [0.717, 1.165) is 0 Å². The Morgan fingerprint density at radius 1 is 1.29 bits per heavy atom. The van der Waals surface area contributed by atoms with Crippen molar-refractivity contribution < 1.29 is 14.7 Å². The van der Waals surface area contributed by atoms with Crippen molar-refractivity contribution in [3.63, 3.8) is 0 Å². The minimum atomic E-state index is -1.13. The van der Waals surface area contributed by atoms with Crippen molar-refractivity contribution in [3.05, 3.63) is 35.9 Å². The van der Waals surface area contributed by atoms with Crippen molar-refractivity contribution in [3.8, 4) is 0 Å². The molecule has 0 unspecified atom stereocenters. The minimum absolute atomic E-state index is 0.0664. The lowest BCUT2D eigenvalue weighted by atomic mass is 10.1. The molecular weight excluding hydrogens is 276 g/mol. The van der Waals surface area contributed by atoms with Crippen molar-refractivity contribution in [1.82, 2.24) is 24.9 Å². The van der Waals surface area contributed by atoms with Crippen LogP contribution in [0.25, 0.3) is 0 Å². The van der Waals surface area contributed by atoms with Crippen molar-refractivity contribution in [2.45, 2.75) is 6.04 Å². The number of nitrogen functional groups attached to an aromatic ring is 1. The van der Waals surface area contributed by atoms with Crippen LogP contribution in [0.3, 0.4) is 0 Å². The highest BCUT2D eigenvalue weighted by atomic mass is 16.4. The number of aromatic carboxylic acids is 1. The summed E-state index contributed by atoms with van der Waals surface area (Å²) in [6.07, 6.45) is 2.79. The number of carboxylic acids is 1. The number of carbonyl (C=O) groups excluding carboxylic acids is 1. The number of likely N-dealkylation sites (tertiary alicyclic amines) is 1. The van der Waals surface area contributed by atoms with Gasteiger partial charge in [-0.2, -0.15) is 0 Å². The second kappa shape index (κ2) is 4.85. The molecule has 1 aliphatic heterocycles. The number of hydrogen-bond acceptors (Lipinski definition) is 6. The fraction of sp³-hybridized carbons (Fsp3) is 0.250. The average Bonchev–Trinajstić information content (AvgIpc) is 2.87. The van der Waals surface area contributed by atoms with E-state index >= 15 is 0 Å². The van der Waals surface area contributed by atoms with Gasteiger partial charge in [0.2, 0.25) is 0 Å². The lowest BCUT2D eigenvalue weighted by molar-refractivity contribution is 0.0491. The second-order valence-electron chi connectivity index (χ2n) is 4.73. The van der Waals surface area contributed by atoms with Crippen LogP contribution in [0, 0.1) is 0 Å². The number of pyridine rings is 1.